The number of hydrogen-bond donors (Lipinski definition) is 0. The Balaban J connectivity index is 1.33. The third kappa shape index (κ3) is 3.18. The van der Waals surface area contributed by atoms with Gasteiger partial charge in [-0.15, -0.1) is 22.7 Å². The van der Waals surface area contributed by atoms with Crippen molar-refractivity contribution in [2.75, 3.05) is 0 Å². The van der Waals surface area contributed by atoms with Gasteiger partial charge in [0.15, 0.2) is 0 Å². The van der Waals surface area contributed by atoms with Crippen LogP contribution in [0.3, 0.4) is 0 Å². The van der Waals surface area contributed by atoms with E-state index in [1.165, 1.54) is 84.1 Å². The molecule has 0 saturated carbocycles. The lowest BCUT2D eigenvalue weighted by Gasteiger charge is -2.17. The average molecular weight is 543 g/mol. The number of hydrogen-bond acceptors (Lipinski definition) is 2. The van der Waals surface area contributed by atoms with Crippen molar-refractivity contribution < 1.29 is 0 Å². The van der Waals surface area contributed by atoms with E-state index in [0.29, 0.717) is 0 Å². The van der Waals surface area contributed by atoms with Crippen LogP contribution in [0.4, 0.5) is 0 Å². The maximum atomic E-state index is 2.42. The highest BCUT2D eigenvalue weighted by Gasteiger charge is 2.17. The van der Waals surface area contributed by atoms with Gasteiger partial charge in [0.25, 0.3) is 0 Å². The largest absolute Gasteiger partial charge is 0.135 e. The molecule has 0 unspecified atom stereocenters. The fourth-order valence-corrected chi connectivity index (χ4v) is 8.80. The predicted octanol–water partition coefficient (Wildman–Crippen LogP) is 12.1. The fraction of sp³-hybridized carbons (Fsp3) is 0. The van der Waals surface area contributed by atoms with Crippen LogP contribution < -0.4 is 0 Å². The highest BCUT2D eigenvalue weighted by atomic mass is 32.1. The summed E-state index contributed by atoms with van der Waals surface area (Å²) >= 11 is 3.81. The topological polar surface area (TPSA) is 0 Å². The molecule has 40 heavy (non-hydrogen) atoms. The van der Waals surface area contributed by atoms with E-state index in [2.05, 4.69) is 133 Å². The summed E-state index contributed by atoms with van der Waals surface area (Å²) < 4.78 is 5.43. The second-order valence-electron chi connectivity index (χ2n) is 10.5. The Morgan fingerprint density at radius 2 is 0.725 bits per heavy atom. The Kier molecular flexibility index (Phi) is 4.74. The molecule has 0 amide bonds. The molecule has 0 atom stereocenters. The average Bonchev–Trinajstić information content (AvgIpc) is 3.55. The summed E-state index contributed by atoms with van der Waals surface area (Å²) in [6.45, 7) is 0. The molecule has 0 N–H and O–H groups in total. The molecule has 0 radical (unpaired) electrons. The molecule has 2 aromatic heterocycles. The highest BCUT2D eigenvalue weighted by Crippen LogP contribution is 2.46. The number of rotatable bonds is 2. The number of benzene rings is 7. The highest BCUT2D eigenvalue weighted by molar-refractivity contribution is 7.27. The SMILES string of the molecule is c1ccc(-c2c3ccccc3c(-c3ccc4c(c3)sc3cc5c(cc34)sc3ccccc35)c3ccccc23)cc1. The normalized spacial score (nSPS) is 12.0. The molecule has 186 valence electrons. The Morgan fingerprint density at radius 1 is 0.275 bits per heavy atom. The molecule has 0 spiro atoms. The quantitative estimate of drug-likeness (QED) is 0.191. The van der Waals surface area contributed by atoms with Gasteiger partial charge in [-0.2, -0.15) is 0 Å². The van der Waals surface area contributed by atoms with Crippen molar-refractivity contribution in [2.24, 2.45) is 0 Å². The van der Waals surface area contributed by atoms with Gasteiger partial charge in [-0.05, 0) is 68.1 Å². The molecule has 0 bridgehead atoms. The van der Waals surface area contributed by atoms with Gasteiger partial charge in [0.05, 0.1) is 0 Å². The van der Waals surface area contributed by atoms with Crippen LogP contribution in [0.5, 0.6) is 0 Å². The summed E-state index contributed by atoms with van der Waals surface area (Å²) in [5.41, 5.74) is 5.16. The first-order valence-corrected chi connectivity index (χ1v) is 15.2. The van der Waals surface area contributed by atoms with Crippen molar-refractivity contribution in [1.82, 2.24) is 0 Å². The first kappa shape index (κ1) is 22.3. The maximum Gasteiger partial charge on any atom is 0.0362 e. The molecule has 9 rings (SSSR count). The van der Waals surface area contributed by atoms with Gasteiger partial charge in [-0.25, -0.2) is 0 Å². The fourth-order valence-electron chi connectivity index (χ4n) is 6.50. The van der Waals surface area contributed by atoms with Crippen molar-refractivity contribution in [3.63, 3.8) is 0 Å². The lowest BCUT2D eigenvalue weighted by Crippen LogP contribution is -1.90. The van der Waals surface area contributed by atoms with Crippen LogP contribution in [-0.4, -0.2) is 0 Å². The Morgan fingerprint density at radius 3 is 1.35 bits per heavy atom. The van der Waals surface area contributed by atoms with E-state index in [-0.39, 0.29) is 0 Å². The van der Waals surface area contributed by atoms with Gasteiger partial charge >= 0.3 is 0 Å². The third-order valence-corrected chi connectivity index (χ3v) is 10.5. The van der Waals surface area contributed by atoms with Crippen LogP contribution in [-0.2, 0) is 0 Å². The summed E-state index contributed by atoms with van der Waals surface area (Å²) in [7, 11) is 0. The molecule has 2 heterocycles. The first-order chi connectivity index (χ1) is 19.8. The molecule has 0 nitrogen and oxygen atoms in total. The van der Waals surface area contributed by atoms with Crippen LogP contribution >= 0.6 is 22.7 Å². The lowest BCUT2D eigenvalue weighted by molar-refractivity contribution is 1.66. The standard InChI is InChI=1S/C38H22S2/c1-2-10-23(11-3-1)37-27-13-4-6-15-29(27)38(30-16-7-5-14-28(30)37)24-18-19-26-32-22-35-31(21-36(32)40-34(26)20-24)25-12-8-9-17-33(25)39-35/h1-22H. The van der Waals surface area contributed by atoms with Crippen LogP contribution in [0, 0.1) is 0 Å². The molecule has 0 aliphatic heterocycles. The van der Waals surface area contributed by atoms with E-state index >= 15 is 0 Å². The molecule has 0 aliphatic rings. The van der Waals surface area contributed by atoms with Gasteiger partial charge in [-0.1, -0.05) is 109 Å². The first-order valence-electron chi connectivity index (χ1n) is 13.6. The molecular weight excluding hydrogens is 521 g/mol. The molecule has 0 saturated heterocycles. The second-order valence-corrected chi connectivity index (χ2v) is 12.6. The molecule has 7 aromatic carbocycles. The van der Waals surface area contributed by atoms with Gasteiger partial charge in [-0.3, -0.25) is 0 Å². The summed E-state index contributed by atoms with van der Waals surface area (Å²) in [5, 5.41) is 10.6. The van der Waals surface area contributed by atoms with Crippen molar-refractivity contribution in [2.45, 2.75) is 0 Å². The summed E-state index contributed by atoms with van der Waals surface area (Å²) in [5.74, 6) is 0. The summed E-state index contributed by atoms with van der Waals surface area (Å²) in [4.78, 5) is 0. The van der Waals surface area contributed by atoms with E-state index < -0.39 is 0 Å². The Labute approximate surface area is 239 Å². The molecule has 0 fully saturated rings. The van der Waals surface area contributed by atoms with Crippen LogP contribution in [0.2, 0.25) is 0 Å². The minimum atomic E-state index is 1.26. The lowest BCUT2D eigenvalue weighted by atomic mass is 9.86. The number of thiophene rings is 2. The van der Waals surface area contributed by atoms with Crippen LogP contribution in [0.1, 0.15) is 0 Å². The van der Waals surface area contributed by atoms with E-state index in [4.69, 9.17) is 0 Å². The van der Waals surface area contributed by atoms with Crippen molar-refractivity contribution in [3.05, 3.63) is 133 Å². The number of fused-ring (bicyclic) bond motifs is 8. The van der Waals surface area contributed by atoms with Gasteiger partial charge in [0.1, 0.15) is 0 Å². The minimum Gasteiger partial charge on any atom is -0.135 e. The summed E-state index contributed by atoms with van der Waals surface area (Å²) in [6.07, 6.45) is 0. The zero-order valence-corrected chi connectivity index (χ0v) is 23.2. The monoisotopic (exact) mass is 542 g/mol. The van der Waals surface area contributed by atoms with E-state index in [1.807, 2.05) is 22.7 Å². The van der Waals surface area contributed by atoms with Crippen molar-refractivity contribution in [3.8, 4) is 22.3 Å². The summed E-state index contributed by atoms with van der Waals surface area (Å²) in [6, 6.07) is 49.3. The molecule has 2 heteroatoms. The Hall–Kier alpha value is -4.50. The molecular formula is C38H22S2. The van der Waals surface area contributed by atoms with Crippen LogP contribution in [0.25, 0.3) is 84.1 Å². The molecule has 9 aromatic rings. The Bertz CT molecular complexity index is 2370. The van der Waals surface area contributed by atoms with Gasteiger partial charge < -0.3 is 0 Å². The van der Waals surface area contributed by atoms with E-state index in [0.717, 1.165) is 0 Å². The molecule has 0 aliphatic carbocycles. The van der Waals surface area contributed by atoms with Crippen molar-refractivity contribution in [1.29, 1.82) is 0 Å². The zero-order chi connectivity index (χ0) is 26.2. The van der Waals surface area contributed by atoms with E-state index in [9.17, 15) is 0 Å². The van der Waals surface area contributed by atoms with E-state index in [1.54, 1.807) is 0 Å². The second kappa shape index (κ2) is 8.50. The smallest absolute Gasteiger partial charge is 0.0362 e. The predicted molar refractivity (Wildman–Crippen MR) is 178 cm³/mol. The van der Waals surface area contributed by atoms with Gasteiger partial charge in [0.2, 0.25) is 0 Å². The van der Waals surface area contributed by atoms with Crippen molar-refractivity contribution >= 4 is 84.6 Å². The zero-order valence-electron chi connectivity index (χ0n) is 21.5. The van der Waals surface area contributed by atoms with Gasteiger partial charge in [0, 0.05) is 40.3 Å². The maximum absolute atomic E-state index is 2.42. The minimum absolute atomic E-state index is 1.26. The third-order valence-electron chi connectivity index (χ3n) is 8.25. The van der Waals surface area contributed by atoms with Crippen LogP contribution in [0.15, 0.2) is 133 Å².